The third-order valence-electron chi connectivity index (χ3n) is 3.06. The van der Waals surface area contributed by atoms with Crippen LogP contribution in [-0.2, 0) is 4.79 Å². The molecule has 1 fully saturated rings. The van der Waals surface area contributed by atoms with Crippen molar-refractivity contribution in [2.24, 2.45) is 0 Å². The predicted octanol–water partition coefficient (Wildman–Crippen LogP) is 2.76. The zero-order chi connectivity index (χ0) is 13.0. The summed E-state index contributed by atoms with van der Waals surface area (Å²) in [4.78, 5) is 14.0. The zero-order valence-corrected chi connectivity index (χ0v) is 10.4. The van der Waals surface area contributed by atoms with E-state index < -0.39 is 0 Å². The molecule has 3 nitrogen and oxygen atoms in total. The molecule has 96 valence electrons. The number of nitrogens with zero attached hydrogens (tertiary/aromatic N) is 1. The van der Waals surface area contributed by atoms with Gasteiger partial charge >= 0.3 is 0 Å². The first kappa shape index (κ1) is 12.6. The van der Waals surface area contributed by atoms with Crippen LogP contribution in [0.1, 0.15) is 19.8 Å². The number of likely N-dealkylation sites (tertiary alicyclic amines) is 1. The van der Waals surface area contributed by atoms with Gasteiger partial charge in [0, 0.05) is 30.5 Å². The van der Waals surface area contributed by atoms with Crippen molar-refractivity contribution in [2.75, 3.05) is 18.4 Å². The molecule has 0 atom stereocenters. The zero-order valence-electron chi connectivity index (χ0n) is 10.4. The minimum Gasteiger partial charge on any atom is -0.375 e. The number of halogens is 1. The van der Waals surface area contributed by atoms with E-state index in [1.807, 2.05) is 6.92 Å². The summed E-state index contributed by atoms with van der Waals surface area (Å²) >= 11 is 0. The SMILES string of the molecule is CC(=CC(=O)Nc1ccc(F)cc1)N1CCCC1. The number of amides is 1. The van der Waals surface area contributed by atoms with E-state index in [-0.39, 0.29) is 11.7 Å². The second kappa shape index (κ2) is 5.67. The predicted molar refractivity (Wildman–Crippen MR) is 69.6 cm³/mol. The summed E-state index contributed by atoms with van der Waals surface area (Å²) in [6.45, 7) is 3.98. The summed E-state index contributed by atoms with van der Waals surface area (Å²) in [5.74, 6) is -0.484. The largest absolute Gasteiger partial charge is 0.375 e. The molecular formula is C14H17FN2O. The van der Waals surface area contributed by atoms with Crippen LogP contribution in [0.2, 0.25) is 0 Å². The molecule has 1 aromatic rings. The Labute approximate surface area is 106 Å². The second-order valence-corrected chi connectivity index (χ2v) is 4.48. The number of benzene rings is 1. The maximum atomic E-state index is 12.7. The van der Waals surface area contributed by atoms with Crippen LogP contribution in [0.5, 0.6) is 0 Å². The molecular weight excluding hydrogens is 231 g/mol. The maximum Gasteiger partial charge on any atom is 0.250 e. The number of allylic oxidation sites excluding steroid dienone is 1. The average molecular weight is 248 g/mol. The smallest absolute Gasteiger partial charge is 0.250 e. The molecule has 1 N–H and O–H groups in total. The van der Waals surface area contributed by atoms with Crippen LogP contribution in [-0.4, -0.2) is 23.9 Å². The molecule has 1 aliphatic heterocycles. The Kier molecular flexibility index (Phi) is 3.97. The normalized spacial score (nSPS) is 15.9. The third-order valence-corrected chi connectivity index (χ3v) is 3.06. The summed E-state index contributed by atoms with van der Waals surface area (Å²) in [5, 5.41) is 2.71. The molecule has 1 aliphatic rings. The number of anilines is 1. The molecule has 1 amide bonds. The van der Waals surface area contributed by atoms with E-state index in [1.165, 1.54) is 25.0 Å². The van der Waals surface area contributed by atoms with Crippen LogP contribution in [0.3, 0.4) is 0 Å². The van der Waals surface area contributed by atoms with Gasteiger partial charge in [-0.15, -0.1) is 0 Å². The summed E-state index contributed by atoms with van der Waals surface area (Å²) < 4.78 is 12.7. The van der Waals surface area contributed by atoms with Crippen LogP contribution in [0.4, 0.5) is 10.1 Å². The topological polar surface area (TPSA) is 32.3 Å². The molecule has 0 spiro atoms. The van der Waals surface area contributed by atoms with Crippen LogP contribution >= 0.6 is 0 Å². The average Bonchev–Trinajstić information content (AvgIpc) is 2.85. The number of nitrogens with one attached hydrogen (secondary N) is 1. The molecule has 4 heteroatoms. The Bertz CT molecular complexity index is 447. The van der Waals surface area contributed by atoms with Gasteiger partial charge in [0.25, 0.3) is 0 Å². The molecule has 0 bridgehead atoms. The van der Waals surface area contributed by atoms with Gasteiger partial charge in [0.1, 0.15) is 5.82 Å². The van der Waals surface area contributed by atoms with Crippen LogP contribution in [0, 0.1) is 5.82 Å². The number of hydrogen-bond donors (Lipinski definition) is 1. The van der Waals surface area contributed by atoms with Gasteiger partial charge in [0.15, 0.2) is 0 Å². The summed E-state index contributed by atoms with van der Waals surface area (Å²) in [6.07, 6.45) is 3.96. The fourth-order valence-electron chi connectivity index (χ4n) is 2.06. The Morgan fingerprint density at radius 3 is 2.50 bits per heavy atom. The molecule has 0 aromatic heterocycles. The lowest BCUT2D eigenvalue weighted by molar-refractivity contribution is -0.112. The van der Waals surface area contributed by atoms with Crippen LogP contribution in [0.15, 0.2) is 36.0 Å². The van der Waals surface area contributed by atoms with E-state index in [1.54, 1.807) is 18.2 Å². The van der Waals surface area contributed by atoms with Crippen molar-refractivity contribution < 1.29 is 9.18 Å². The molecule has 0 saturated carbocycles. The second-order valence-electron chi connectivity index (χ2n) is 4.48. The van der Waals surface area contributed by atoms with Crippen molar-refractivity contribution >= 4 is 11.6 Å². The lowest BCUT2D eigenvalue weighted by atomic mass is 10.3. The Morgan fingerprint density at radius 1 is 1.28 bits per heavy atom. The minimum absolute atomic E-state index is 0.175. The number of rotatable bonds is 3. The van der Waals surface area contributed by atoms with Crippen LogP contribution < -0.4 is 5.32 Å². The van der Waals surface area contributed by atoms with Gasteiger partial charge in [-0.1, -0.05) is 0 Å². The van der Waals surface area contributed by atoms with Gasteiger partial charge in [-0.25, -0.2) is 4.39 Å². The quantitative estimate of drug-likeness (QED) is 0.834. The van der Waals surface area contributed by atoms with E-state index in [0.29, 0.717) is 5.69 Å². The van der Waals surface area contributed by atoms with E-state index in [4.69, 9.17) is 0 Å². The first-order chi connectivity index (χ1) is 8.65. The van der Waals surface area contributed by atoms with E-state index >= 15 is 0 Å². The molecule has 1 heterocycles. The summed E-state index contributed by atoms with van der Waals surface area (Å²) in [6, 6.07) is 5.75. The molecule has 1 aromatic carbocycles. The first-order valence-corrected chi connectivity index (χ1v) is 6.15. The van der Waals surface area contributed by atoms with E-state index in [0.717, 1.165) is 18.8 Å². The molecule has 0 unspecified atom stereocenters. The van der Waals surface area contributed by atoms with Crippen molar-refractivity contribution in [3.05, 3.63) is 41.9 Å². The van der Waals surface area contributed by atoms with Crippen molar-refractivity contribution in [3.63, 3.8) is 0 Å². The van der Waals surface area contributed by atoms with Gasteiger partial charge in [-0.3, -0.25) is 4.79 Å². The highest BCUT2D eigenvalue weighted by atomic mass is 19.1. The monoisotopic (exact) mass is 248 g/mol. The minimum atomic E-state index is -0.309. The van der Waals surface area contributed by atoms with Crippen molar-refractivity contribution in [1.82, 2.24) is 4.90 Å². The molecule has 18 heavy (non-hydrogen) atoms. The van der Waals surface area contributed by atoms with Gasteiger partial charge in [0.05, 0.1) is 0 Å². The number of carbonyl (C=O) groups excluding carboxylic acids is 1. The maximum absolute atomic E-state index is 12.7. The molecule has 0 aliphatic carbocycles. The van der Waals surface area contributed by atoms with E-state index in [9.17, 15) is 9.18 Å². The van der Waals surface area contributed by atoms with Crippen molar-refractivity contribution in [2.45, 2.75) is 19.8 Å². The summed E-state index contributed by atoms with van der Waals surface area (Å²) in [5.41, 5.74) is 1.58. The van der Waals surface area contributed by atoms with E-state index in [2.05, 4.69) is 10.2 Å². The number of carbonyl (C=O) groups is 1. The first-order valence-electron chi connectivity index (χ1n) is 6.15. The standard InChI is InChI=1S/C14H17FN2O/c1-11(17-8-2-3-9-17)10-14(18)16-13-6-4-12(15)5-7-13/h4-7,10H,2-3,8-9H2,1H3,(H,16,18). The van der Waals surface area contributed by atoms with Crippen molar-refractivity contribution in [1.29, 1.82) is 0 Å². The van der Waals surface area contributed by atoms with Gasteiger partial charge < -0.3 is 10.2 Å². The Hall–Kier alpha value is -1.84. The highest BCUT2D eigenvalue weighted by Crippen LogP contribution is 2.14. The molecule has 0 radical (unpaired) electrons. The summed E-state index contributed by atoms with van der Waals surface area (Å²) in [7, 11) is 0. The Balaban J connectivity index is 1.95. The molecule has 1 saturated heterocycles. The van der Waals surface area contributed by atoms with Gasteiger partial charge in [0.2, 0.25) is 5.91 Å². The number of hydrogen-bond acceptors (Lipinski definition) is 2. The lowest BCUT2D eigenvalue weighted by Crippen LogP contribution is -2.19. The van der Waals surface area contributed by atoms with Crippen LogP contribution in [0.25, 0.3) is 0 Å². The van der Waals surface area contributed by atoms with Gasteiger partial charge in [-0.2, -0.15) is 0 Å². The molecule has 2 rings (SSSR count). The highest BCUT2D eigenvalue weighted by Gasteiger charge is 2.12. The fraction of sp³-hybridized carbons (Fsp3) is 0.357. The highest BCUT2D eigenvalue weighted by molar-refractivity contribution is 5.99. The third kappa shape index (κ3) is 3.32. The van der Waals surface area contributed by atoms with Gasteiger partial charge in [-0.05, 0) is 44.0 Å². The van der Waals surface area contributed by atoms with Crippen molar-refractivity contribution in [3.8, 4) is 0 Å². The Morgan fingerprint density at radius 2 is 1.89 bits per heavy atom. The fourth-order valence-corrected chi connectivity index (χ4v) is 2.06. The lowest BCUT2D eigenvalue weighted by Gasteiger charge is -2.17.